The van der Waals surface area contributed by atoms with Gasteiger partial charge in [-0.05, 0) is 18.8 Å². The number of ether oxygens (including phenoxy) is 1. The lowest BCUT2D eigenvalue weighted by molar-refractivity contribution is 0.0420. The summed E-state index contributed by atoms with van der Waals surface area (Å²) in [4.78, 5) is 10.2. The van der Waals surface area contributed by atoms with Crippen LogP contribution in [0.2, 0.25) is 0 Å². The summed E-state index contributed by atoms with van der Waals surface area (Å²) in [5.74, 6) is 0.648. The SMILES string of the molecule is O=C(O)O[C@H]1C[C@H]2CCC[C@H]2N1. The molecule has 2 aliphatic rings. The molecule has 1 aliphatic carbocycles. The number of hydrogen-bond donors (Lipinski definition) is 2. The molecule has 0 amide bonds. The maximum Gasteiger partial charge on any atom is 0.507 e. The first-order valence-corrected chi connectivity index (χ1v) is 4.41. The van der Waals surface area contributed by atoms with Crippen LogP contribution in [0.15, 0.2) is 0 Å². The Bertz CT molecular complexity index is 183. The van der Waals surface area contributed by atoms with Crippen molar-refractivity contribution in [2.45, 2.75) is 38.0 Å². The van der Waals surface area contributed by atoms with Gasteiger partial charge >= 0.3 is 6.16 Å². The zero-order valence-electron chi connectivity index (χ0n) is 6.82. The Hall–Kier alpha value is -0.770. The van der Waals surface area contributed by atoms with Crippen LogP contribution in [0.25, 0.3) is 0 Å². The van der Waals surface area contributed by atoms with Crippen molar-refractivity contribution < 1.29 is 14.6 Å². The van der Waals surface area contributed by atoms with Gasteiger partial charge in [0.1, 0.15) is 0 Å². The van der Waals surface area contributed by atoms with E-state index >= 15 is 0 Å². The van der Waals surface area contributed by atoms with Gasteiger partial charge in [0.05, 0.1) is 0 Å². The molecule has 0 bridgehead atoms. The second-order valence-electron chi connectivity index (χ2n) is 3.57. The highest BCUT2D eigenvalue weighted by Crippen LogP contribution is 2.34. The number of nitrogens with one attached hydrogen (secondary N) is 1. The van der Waals surface area contributed by atoms with Gasteiger partial charge in [0.15, 0.2) is 6.23 Å². The maximum absolute atomic E-state index is 10.2. The van der Waals surface area contributed by atoms with Gasteiger partial charge in [-0.3, -0.25) is 5.32 Å². The highest BCUT2D eigenvalue weighted by molar-refractivity contribution is 5.57. The van der Waals surface area contributed by atoms with Gasteiger partial charge < -0.3 is 9.84 Å². The normalized spacial score (nSPS) is 39.5. The molecule has 0 aromatic heterocycles. The van der Waals surface area contributed by atoms with Crippen molar-refractivity contribution >= 4 is 6.16 Å². The highest BCUT2D eigenvalue weighted by atomic mass is 16.7. The largest absolute Gasteiger partial charge is 0.507 e. The molecule has 0 unspecified atom stereocenters. The molecule has 1 saturated heterocycles. The van der Waals surface area contributed by atoms with E-state index in [9.17, 15) is 4.79 Å². The van der Waals surface area contributed by atoms with E-state index in [-0.39, 0.29) is 6.23 Å². The predicted molar refractivity (Wildman–Crippen MR) is 41.8 cm³/mol. The second-order valence-corrected chi connectivity index (χ2v) is 3.57. The molecule has 12 heavy (non-hydrogen) atoms. The Kier molecular flexibility index (Phi) is 1.92. The van der Waals surface area contributed by atoms with Gasteiger partial charge in [-0.15, -0.1) is 0 Å². The third-order valence-corrected chi connectivity index (χ3v) is 2.82. The van der Waals surface area contributed by atoms with Crippen LogP contribution in [-0.4, -0.2) is 23.5 Å². The van der Waals surface area contributed by atoms with Gasteiger partial charge in [-0.25, -0.2) is 4.79 Å². The van der Waals surface area contributed by atoms with Crippen LogP contribution in [-0.2, 0) is 4.74 Å². The van der Waals surface area contributed by atoms with Gasteiger partial charge in [0, 0.05) is 12.5 Å². The monoisotopic (exact) mass is 171 g/mol. The third-order valence-electron chi connectivity index (χ3n) is 2.82. The lowest BCUT2D eigenvalue weighted by Crippen LogP contribution is -2.32. The first kappa shape index (κ1) is 7.86. The van der Waals surface area contributed by atoms with E-state index in [0.717, 1.165) is 6.42 Å². The number of fused-ring (bicyclic) bond motifs is 1. The minimum atomic E-state index is -1.17. The molecule has 1 aliphatic heterocycles. The molecule has 1 heterocycles. The second kappa shape index (κ2) is 2.94. The van der Waals surface area contributed by atoms with E-state index in [1.165, 1.54) is 19.3 Å². The Morgan fingerprint density at radius 2 is 2.33 bits per heavy atom. The molecule has 4 nitrogen and oxygen atoms in total. The van der Waals surface area contributed by atoms with Crippen LogP contribution in [0.1, 0.15) is 25.7 Å². The summed E-state index contributed by atoms with van der Waals surface area (Å²) < 4.78 is 4.65. The van der Waals surface area contributed by atoms with Crippen molar-refractivity contribution in [2.75, 3.05) is 0 Å². The summed E-state index contributed by atoms with van der Waals surface area (Å²) in [6, 6.07) is 0.509. The molecule has 0 aromatic carbocycles. The number of hydrogen-bond acceptors (Lipinski definition) is 3. The van der Waals surface area contributed by atoms with E-state index in [1.54, 1.807) is 0 Å². The van der Waals surface area contributed by atoms with E-state index in [4.69, 9.17) is 5.11 Å². The zero-order valence-corrected chi connectivity index (χ0v) is 6.82. The summed E-state index contributed by atoms with van der Waals surface area (Å²) in [5, 5.41) is 11.6. The topological polar surface area (TPSA) is 58.6 Å². The smallest absolute Gasteiger partial charge is 0.450 e. The molecular formula is C8H13NO3. The van der Waals surface area contributed by atoms with Crippen molar-refractivity contribution in [2.24, 2.45) is 5.92 Å². The van der Waals surface area contributed by atoms with Crippen LogP contribution in [0.4, 0.5) is 4.79 Å². The molecule has 0 radical (unpaired) electrons. The van der Waals surface area contributed by atoms with Crippen molar-refractivity contribution in [3.05, 3.63) is 0 Å². The number of rotatable bonds is 1. The van der Waals surface area contributed by atoms with E-state index in [1.807, 2.05) is 0 Å². The first-order chi connectivity index (χ1) is 5.75. The molecule has 2 fully saturated rings. The van der Waals surface area contributed by atoms with E-state index < -0.39 is 6.16 Å². The average molecular weight is 171 g/mol. The van der Waals surface area contributed by atoms with Crippen LogP contribution in [0.3, 0.4) is 0 Å². The molecule has 3 atom stereocenters. The van der Waals surface area contributed by atoms with E-state index in [2.05, 4.69) is 10.1 Å². The Morgan fingerprint density at radius 1 is 1.50 bits per heavy atom. The van der Waals surface area contributed by atoms with E-state index in [0.29, 0.717) is 12.0 Å². The molecule has 4 heteroatoms. The van der Waals surface area contributed by atoms with Crippen molar-refractivity contribution in [1.82, 2.24) is 5.32 Å². The minimum absolute atomic E-state index is 0.252. The Balaban J connectivity index is 1.86. The predicted octanol–water partition coefficient (Wildman–Crippen LogP) is 1.17. The standard InChI is InChI=1S/C8H13NO3/c10-8(11)12-7-4-5-2-1-3-6(5)9-7/h5-7,9H,1-4H2,(H,10,11)/t5-,6-,7+/m1/s1. The molecular weight excluding hydrogens is 158 g/mol. The average Bonchev–Trinajstić information content (AvgIpc) is 2.43. The van der Waals surface area contributed by atoms with Crippen molar-refractivity contribution in [3.8, 4) is 0 Å². The molecule has 68 valence electrons. The molecule has 0 aromatic rings. The maximum atomic E-state index is 10.2. The number of carbonyl (C=O) groups is 1. The highest BCUT2D eigenvalue weighted by Gasteiger charge is 2.38. The van der Waals surface area contributed by atoms with Crippen LogP contribution >= 0.6 is 0 Å². The molecule has 0 spiro atoms. The summed E-state index contributed by atoms with van der Waals surface area (Å²) in [5.41, 5.74) is 0. The summed E-state index contributed by atoms with van der Waals surface area (Å²) in [7, 11) is 0. The summed E-state index contributed by atoms with van der Waals surface area (Å²) >= 11 is 0. The van der Waals surface area contributed by atoms with Gasteiger partial charge in [-0.1, -0.05) is 6.42 Å². The fourth-order valence-corrected chi connectivity index (χ4v) is 2.32. The fourth-order valence-electron chi connectivity index (χ4n) is 2.32. The lowest BCUT2D eigenvalue weighted by Gasteiger charge is -2.10. The Morgan fingerprint density at radius 3 is 3.00 bits per heavy atom. The van der Waals surface area contributed by atoms with Crippen molar-refractivity contribution in [1.29, 1.82) is 0 Å². The van der Waals surface area contributed by atoms with Gasteiger partial charge in [-0.2, -0.15) is 0 Å². The quantitative estimate of drug-likeness (QED) is 0.581. The number of carboxylic acid groups (broad SMARTS) is 1. The van der Waals surface area contributed by atoms with Crippen LogP contribution < -0.4 is 5.32 Å². The Labute approximate surface area is 70.9 Å². The van der Waals surface area contributed by atoms with Crippen molar-refractivity contribution in [3.63, 3.8) is 0 Å². The lowest BCUT2D eigenvalue weighted by atomic mass is 10.0. The molecule has 2 N–H and O–H groups in total. The summed E-state index contributed by atoms with van der Waals surface area (Å²) in [6.07, 6.45) is 3.09. The molecule has 2 rings (SSSR count). The minimum Gasteiger partial charge on any atom is -0.450 e. The molecule has 1 saturated carbocycles. The van der Waals surface area contributed by atoms with Gasteiger partial charge in [0.25, 0.3) is 0 Å². The zero-order chi connectivity index (χ0) is 8.55. The van der Waals surface area contributed by atoms with Crippen LogP contribution in [0.5, 0.6) is 0 Å². The summed E-state index contributed by atoms with van der Waals surface area (Å²) in [6.45, 7) is 0. The van der Waals surface area contributed by atoms with Gasteiger partial charge in [0.2, 0.25) is 0 Å². The third kappa shape index (κ3) is 1.39. The fraction of sp³-hybridized carbons (Fsp3) is 0.875. The first-order valence-electron chi connectivity index (χ1n) is 4.41. The van der Waals surface area contributed by atoms with Crippen LogP contribution in [0, 0.1) is 5.92 Å².